The Kier molecular flexibility index (Phi) is 6.20. The summed E-state index contributed by atoms with van der Waals surface area (Å²) in [4.78, 5) is 27.8. The van der Waals surface area contributed by atoms with Crippen molar-refractivity contribution in [3.05, 3.63) is 0 Å². The van der Waals surface area contributed by atoms with Crippen molar-refractivity contribution in [1.82, 2.24) is 9.80 Å². The number of hydrogen-bond donors (Lipinski definition) is 1. The molecule has 1 saturated carbocycles. The largest absolute Gasteiger partial charge is 0.341 e. The Morgan fingerprint density at radius 2 is 1.67 bits per heavy atom. The van der Waals surface area contributed by atoms with E-state index in [2.05, 4.69) is 0 Å². The molecule has 2 N–H and O–H groups in total. The molecule has 1 aliphatic carbocycles. The van der Waals surface area contributed by atoms with Crippen LogP contribution in [0.3, 0.4) is 0 Å². The predicted octanol–water partition coefficient (Wildman–Crippen LogP) is 1.61. The van der Waals surface area contributed by atoms with Crippen LogP contribution >= 0.6 is 0 Å². The van der Waals surface area contributed by atoms with E-state index >= 15 is 0 Å². The second-order valence-corrected chi connectivity index (χ2v) is 7.33. The van der Waals surface area contributed by atoms with E-state index in [0.29, 0.717) is 6.04 Å². The molecule has 21 heavy (non-hydrogen) atoms. The van der Waals surface area contributed by atoms with Crippen molar-refractivity contribution in [2.24, 2.45) is 11.1 Å². The average molecular weight is 297 g/mol. The first-order chi connectivity index (χ1) is 9.64. The van der Waals surface area contributed by atoms with E-state index in [1.807, 2.05) is 32.7 Å². The quantitative estimate of drug-likeness (QED) is 0.857. The number of likely N-dealkylation sites (N-methyl/N-ethyl adjacent to an activating group) is 2. The minimum absolute atomic E-state index is 0.00106. The van der Waals surface area contributed by atoms with E-state index in [4.69, 9.17) is 5.73 Å². The third kappa shape index (κ3) is 4.99. The highest BCUT2D eigenvalue weighted by Gasteiger charge is 2.31. The van der Waals surface area contributed by atoms with Gasteiger partial charge in [0.05, 0.1) is 12.6 Å². The van der Waals surface area contributed by atoms with E-state index in [9.17, 15) is 9.59 Å². The Labute approximate surface area is 128 Å². The molecule has 2 amide bonds. The summed E-state index contributed by atoms with van der Waals surface area (Å²) in [5, 5.41) is 0. The number of nitrogens with zero attached hydrogens (tertiary/aromatic N) is 2. The number of rotatable bonds is 4. The first kappa shape index (κ1) is 18.0. The molecule has 1 unspecified atom stereocenters. The second-order valence-electron chi connectivity index (χ2n) is 7.33. The molecule has 0 aromatic carbocycles. The standard InChI is InChI=1S/C16H31N3O2/c1-16(2,3)14(17)15(21)18(4)11-13(20)19(5)12-9-7-6-8-10-12/h12,14H,6-11,17H2,1-5H3. The summed E-state index contributed by atoms with van der Waals surface area (Å²) in [7, 11) is 3.50. The third-order valence-electron chi connectivity index (χ3n) is 4.46. The normalized spacial score (nSPS) is 18.2. The zero-order chi connectivity index (χ0) is 16.2. The van der Waals surface area contributed by atoms with Crippen molar-refractivity contribution in [2.45, 2.75) is 65.0 Å². The maximum Gasteiger partial charge on any atom is 0.242 e. The van der Waals surface area contributed by atoms with Gasteiger partial charge in [0.15, 0.2) is 0 Å². The van der Waals surface area contributed by atoms with Crippen LogP contribution in [-0.4, -0.2) is 54.3 Å². The summed E-state index contributed by atoms with van der Waals surface area (Å²) < 4.78 is 0. The number of amides is 2. The number of carbonyl (C=O) groups excluding carboxylic acids is 2. The summed E-state index contributed by atoms with van der Waals surface area (Å²) in [6.07, 6.45) is 5.78. The number of carbonyl (C=O) groups is 2. The molecule has 1 atom stereocenters. The molecule has 0 aromatic rings. The summed E-state index contributed by atoms with van der Waals surface area (Å²) in [6, 6.07) is -0.263. The zero-order valence-corrected chi connectivity index (χ0v) is 14.2. The highest BCUT2D eigenvalue weighted by Crippen LogP contribution is 2.22. The molecule has 0 radical (unpaired) electrons. The van der Waals surface area contributed by atoms with E-state index in [1.54, 1.807) is 7.05 Å². The molecule has 0 aromatic heterocycles. The van der Waals surface area contributed by atoms with Gasteiger partial charge < -0.3 is 15.5 Å². The highest BCUT2D eigenvalue weighted by molar-refractivity contribution is 5.87. The van der Waals surface area contributed by atoms with Crippen LogP contribution in [0.25, 0.3) is 0 Å². The number of hydrogen-bond acceptors (Lipinski definition) is 3. The van der Waals surface area contributed by atoms with Gasteiger partial charge in [-0.2, -0.15) is 0 Å². The van der Waals surface area contributed by atoms with Gasteiger partial charge in [0.2, 0.25) is 11.8 Å². The lowest BCUT2D eigenvalue weighted by Gasteiger charge is -2.34. The summed E-state index contributed by atoms with van der Waals surface area (Å²) in [6.45, 7) is 5.90. The van der Waals surface area contributed by atoms with Crippen molar-refractivity contribution in [3.8, 4) is 0 Å². The zero-order valence-electron chi connectivity index (χ0n) is 14.2. The summed E-state index contributed by atoms with van der Waals surface area (Å²) in [5.74, 6) is -0.174. The van der Waals surface area contributed by atoms with Gasteiger partial charge in [0.25, 0.3) is 0 Å². The average Bonchev–Trinajstić information content (AvgIpc) is 2.44. The lowest BCUT2D eigenvalue weighted by Crippen LogP contribution is -2.52. The van der Waals surface area contributed by atoms with Gasteiger partial charge in [-0.05, 0) is 18.3 Å². The summed E-state index contributed by atoms with van der Waals surface area (Å²) in [5.41, 5.74) is 5.67. The van der Waals surface area contributed by atoms with Gasteiger partial charge >= 0.3 is 0 Å². The second kappa shape index (κ2) is 7.25. The molecule has 122 valence electrons. The molecule has 1 rings (SSSR count). The van der Waals surface area contributed by atoms with E-state index in [-0.39, 0.29) is 23.8 Å². The Morgan fingerprint density at radius 1 is 1.14 bits per heavy atom. The van der Waals surface area contributed by atoms with E-state index in [0.717, 1.165) is 12.8 Å². The third-order valence-corrected chi connectivity index (χ3v) is 4.46. The Balaban J connectivity index is 2.54. The van der Waals surface area contributed by atoms with Crippen molar-refractivity contribution >= 4 is 11.8 Å². The van der Waals surface area contributed by atoms with Gasteiger partial charge in [-0.25, -0.2) is 0 Å². The molecular formula is C16H31N3O2. The van der Waals surface area contributed by atoms with E-state index in [1.165, 1.54) is 24.2 Å². The fraction of sp³-hybridized carbons (Fsp3) is 0.875. The highest BCUT2D eigenvalue weighted by atomic mass is 16.2. The first-order valence-corrected chi connectivity index (χ1v) is 7.91. The summed E-state index contributed by atoms with van der Waals surface area (Å²) >= 11 is 0. The van der Waals surface area contributed by atoms with Gasteiger partial charge in [-0.3, -0.25) is 9.59 Å². The van der Waals surface area contributed by atoms with Crippen LogP contribution in [0.5, 0.6) is 0 Å². The van der Waals surface area contributed by atoms with Gasteiger partial charge in [-0.15, -0.1) is 0 Å². The fourth-order valence-corrected chi connectivity index (χ4v) is 2.67. The Hall–Kier alpha value is -1.10. The lowest BCUT2D eigenvalue weighted by molar-refractivity contribution is -0.142. The molecule has 1 fully saturated rings. The molecule has 1 aliphatic rings. The molecule has 0 aliphatic heterocycles. The van der Waals surface area contributed by atoms with Crippen LogP contribution in [0.1, 0.15) is 52.9 Å². The van der Waals surface area contributed by atoms with Crippen molar-refractivity contribution in [1.29, 1.82) is 0 Å². The van der Waals surface area contributed by atoms with Crippen LogP contribution in [0.4, 0.5) is 0 Å². The van der Waals surface area contributed by atoms with Crippen LogP contribution in [0, 0.1) is 5.41 Å². The van der Waals surface area contributed by atoms with Crippen LogP contribution in [0.2, 0.25) is 0 Å². The minimum Gasteiger partial charge on any atom is -0.341 e. The molecule has 0 spiro atoms. The topological polar surface area (TPSA) is 66.6 Å². The molecule has 5 nitrogen and oxygen atoms in total. The van der Waals surface area contributed by atoms with Gasteiger partial charge in [0, 0.05) is 20.1 Å². The van der Waals surface area contributed by atoms with Crippen molar-refractivity contribution in [2.75, 3.05) is 20.6 Å². The Bertz CT molecular complexity index is 370. The molecule has 0 bridgehead atoms. The molecular weight excluding hydrogens is 266 g/mol. The molecule has 0 heterocycles. The number of nitrogens with two attached hydrogens (primary N) is 1. The minimum atomic E-state index is -0.588. The lowest BCUT2D eigenvalue weighted by atomic mass is 9.86. The smallest absolute Gasteiger partial charge is 0.242 e. The van der Waals surface area contributed by atoms with E-state index < -0.39 is 6.04 Å². The van der Waals surface area contributed by atoms with Gasteiger partial charge in [0.1, 0.15) is 0 Å². The van der Waals surface area contributed by atoms with Crippen LogP contribution in [0.15, 0.2) is 0 Å². The monoisotopic (exact) mass is 297 g/mol. The predicted molar refractivity (Wildman–Crippen MR) is 84.7 cm³/mol. The van der Waals surface area contributed by atoms with Crippen molar-refractivity contribution in [3.63, 3.8) is 0 Å². The molecule has 5 heteroatoms. The SMILES string of the molecule is CN(CC(=O)N(C)C1CCCCC1)C(=O)C(N)C(C)(C)C. The Morgan fingerprint density at radius 3 is 2.14 bits per heavy atom. The first-order valence-electron chi connectivity index (χ1n) is 7.91. The fourth-order valence-electron chi connectivity index (χ4n) is 2.67. The van der Waals surface area contributed by atoms with Crippen LogP contribution in [-0.2, 0) is 9.59 Å². The maximum absolute atomic E-state index is 12.3. The van der Waals surface area contributed by atoms with Crippen LogP contribution < -0.4 is 5.73 Å². The van der Waals surface area contributed by atoms with Crippen molar-refractivity contribution < 1.29 is 9.59 Å². The maximum atomic E-state index is 12.3. The molecule has 0 saturated heterocycles. The van der Waals surface area contributed by atoms with Gasteiger partial charge in [-0.1, -0.05) is 40.0 Å².